The minimum atomic E-state index is -4.65. The van der Waals surface area contributed by atoms with E-state index in [2.05, 4.69) is 0 Å². The fourth-order valence-corrected chi connectivity index (χ4v) is 0.537. The van der Waals surface area contributed by atoms with E-state index in [4.69, 9.17) is 0 Å². The maximum absolute atomic E-state index is 11.7. The summed E-state index contributed by atoms with van der Waals surface area (Å²) in [5.41, 5.74) is 0. The molecule has 0 saturated carbocycles. The van der Waals surface area contributed by atoms with Crippen molar-refractivity contribution in [2.75, 3.05) is 13.5 Å². The molecule has 0 aromatic carbocycles. The van der Waals surface area contributed by atoms with Crippen molar-refractivity contribution in [3.05, 3.63) is 0 Å². The Balaban J connectivity index is 0. The SMILES string of the molecule is CC(C)N(C)C[B-](F)(F)F.[K+]. The molecule has 0 N–H and O–H groups in total. The van der Waals surface area contributed by atoms with Gasteiger partial charge in [-0.1, -0.05) is 0 Å². The third-order valence-electron chi connectivity index (χ3n) is 1.38. The van der Waals surface area contributed by atoms with E-state index in [0.29, 0.717) is 0 Å². The Morgan fingerprint density at radius 2 is 1.64 bits per heavy atom. The molecule has 0 unspecified atom stereocenters. The molecule has 0 aliphatic rings. The molecule has 0 saturated heterocycles. The van der Waals surface area contributed by atoms with E-state index < -0.39 is 13.4 Å². The maximum Gasteiger partial charge on any atom is 1.00 e. The molecule has 0 aliphatic heterocycles. The number of nitrogens with zero attached hydrogens (tertiary/aromatic N) is 1. The zero-order chi connectivity index (χ0) is 8.36. The van der Waals surface area contributed by atoms with Gasteiger partial charge in [-0.3, -0.25) is 0 Å². The Morgan fingerprint density at radius 1 is 1.27 bits per heavy atom. The summed E-state index contributed by atoms with van der Waals surface area (Å²) in [6, 6.07) is -0.0384. The molecule has 62 valence electrons. The van der Waals surface area contributed by atoms with E-state index in [0.717, 1.165) is 0 Å². The molecule has 0 fully saturated rings. The minimum absolute atomic E-state index is 0. The summed E-state index contributed by atoms with van der Waals surface area (Å²) in [5.74, 6) is 0. The fourth-order valence-electron chi connectivity index (χ4n) is 0.537. The zero-order valence-electron chi connectivity index (χ0n) is 7.44. The van der Waals surface area contributed by atoms with Crippen LogP contribution >= 0.6 is 0 Å². The summed E-state index contributed by atoms with van der Waals surface area (Å²) >= 11 is 0. The van der Waals surface area contributed by atoms with Crippen LogP contribution in [0.4, 0.5) is 12.9 Å². The van der Waals surface area contributed by atoms with E-state index >= 15 is 0 Å². The molecular formula is C5H12BF3KN. The van der Waals surface area contributed by atoms with Gasteiger partial charge in [0.15, 0.2) is 0 Å². The molecule has 0 heterocycles. The topological polar surface area (TPSA) is 3.24 Å². The third-order valence-corrected chi connectivity index (χ3v) is 1.38. The Labute approximate surface area is 108 Å². The van der Waals surface area contributed by atoms with Gasteiger partial charge in [0, 0.05) is 6.04 Å². The molecule has 0 atom stereocenters. The Morgan fingerprint density at radius 3 is 1.73 bits per heavy atom. The van der Waals surface area contributed by atoms with Gasteiger partial charge in [-0.15, -0.1) is 0 Å². The minimum Gasteiger partial charge on any atom is -0.448 e. The quantitative estimate of drug-likeness (QED) is 0.504. The van der Waals surface area contributed by atoms with Crippen LogP contribution in [0.5, 0.6) is 0 Å². The van der Waals surface area contributed by atoms with Gasteiger partial charge in [0.2, 0.25) is 0 Å². The second kappa shape index (κ2) is 5.99. The molecule has 0 radical (unpaired) electrons. The first-order valence-corrected chi connectivity index (χ1v) is 3.24. The number of hydrogen-bond donors (Lipinski definition) is 0. The Bertz CT molecular complexity index is 106. The van der Waals surface area contributed by atoms with Crippen LogP contribution in [0, 0.1) is 0 Å². The Hall–Kier alpha value is 1.45. The largest absolute Gasteiger partial charge is 1.00 e. The molecule has 0 amide bonds. The summed E-state index contributed by atoms with van der Waals surface area (Å²) < 4.78 is 35.1. The molecule has 0 bridgehead atoms. The van der Waals surface area contributed by atoms with Gasteiger partial charge in [0.05, 0.1) is 0 Å². The van der Waals surface area contributed by atoms with Gasteiger partial charge in [-0.2, -0.15) is 0 Å². The van der Waals surface area contributed by atoms with Crippen molar-refractivity contribution in [1.82, 2.24) is 4.90 Å². The molecule has 0 aromatic rings. The molecule has 0 spiro atoms. The van der Waals surface area contributed by atoms with Crippen molar-refractivity contribution < 1.29 is 64.3 Å². The number of hydrogen-bond acceptors (Lipinski definition) is 1. The van der Waals surface area contributed by atoms with Crippen LogP contribution in [0.25, 0.3) is 0 Å². The average molecular weight is 193 g/mol. The van der Waals surface area contributed by atoms with Crippen molar-refractivity contribution >= 4 is 6.98 Å². The average Bonchev–Trinajstić information content (AvgIpc) is 1.60. The van der Waals surface area contributed by atoms with Gasteiger partial charge in [0.1, 0.15) is 0 Å². The van der Waals surface area contributed by atoms with Gasteiger partial charge >= 0.3 is 58.4 Å². The third kappa shape index (κ3) is 9.36. The first-order valence-electron chi connectivity index (χ1n) is 3.24. The van der Waals surface area contributed by atoms with Gasteiger partial charge < -0.3 is 17.8 Å². The Kier molecular flexibility index (Phi) is 8.14. The van der Waals surface area contributed by atoms with Crippen LogP contribution in [0.2, 0.25) is 0 Å². The van der Waals surface area contributed by atoms with E-state index in [-0.39, 0.29) is 57.4 Å². The summed E-state index contributed by atoms with van der Waals surface area (Å²) in [6.45, 7) is -1.17. The van der Waals surface area contributed by atoms with Crippen molar-refractivity contribution in [3.8, 4) is 0 Å². The number of rotatable bonds is 3. The smallest absolute Gasteiger partial charge is 0.448 e. The van der Waals surface area contributed by atoms with Crippen LogP contribution in [0.1, 0.15) is 13.8 Å². The molecule has 1 nitrogen and oxygen atoms in total. The van der Waals surface area contributed by atoms with Crippen molar-refractivity contribution in [1.29, 1.82) is 0 Å². The molecular weight excluding hydrogens is 181 g/mol. The number of halogens is 3. The second-order valence-corrected chi connectivity index (χ2v) is 2.74. The normalized spacial score (nSPS) is 12.0. The van der Waals surface area contributed by atoms with Crippen LogP contribution < -0.4 is 51.4 Å². The van der Waals surface area contributed by atoms with Crippen molar-refractivity contribution in [2.45, 2.75) is 19.9 Å². The summed E-state index contributed by atoms with van der Waals surface area (Å²) in [6.07, 6.45) is -0.766. The summed E-state index contributed by atoms with van der Waals surface area (Å²) in [5, 5.41) is 0. The van der Waals surface area contributed by atoms with E-state index in [1.165, 1.54) is 11.9 Å². The van der Waals surface area contributed by atoms with Crippen molar-refractivity contribution in [2.24, 2.45) is 0 Å². The van der Waals surface area contributed by atoms with Gasteiger partial charge in [0.25, 0.3) is 0 Å². The molecule has 11 heavy (non-hydrogen) atoms. The van der Waals surface area contributed by atoms with Crippen LogP contribution in [0.3, 0.4) is 0 Å². The predicted molar refractivity (Wildman–Crippen MR) is 36.8 cm³/mol. The first kappa shape index (κ1) is 14.9. The first-order chi connectivity index (χ1) is 4.33. The van der Waals surface area contributed by atoms with Crippen LogP contribution in [-0.4, -0.2) is 31.4 Å². The van der Waals surface area contributed by atoms with E-state index in [1.54, 1.807) is 13.8 Å². The van der Waals surface area contributed by atoms with Crippen LogP contribution in [-0.2, 0) is 0 Å². The standard InChI is InChI=1S/C5H12BF3N.K/c1-5(2)10(3)4-6(7,8)9;/h5H,4H2,1-3H3;/q-1;+1. The molecule has 0 aliphatic carbocycles. The van der Waals surface area contributed by atoms with Gasteiger partial charge in [-0.25, -0.2) is 0 Å². The van der Waals surface area contributed by atoms with E-state index in [1.807, 2.05) is 0 Å². The second-order valence-electron chi connectivity index (χ2n) is 2.74. The molecule has 0 rings (SSSR count). The van der Waals surface area contributed by atoms with Crippen molar-refractivity contribution in [3.63, 3.8) is 0 Å². The summed E-state index contributed by atoms with van der Waals surface area (Å²) in [7, 11) is 1.47. The predicted octanol–water partition coefficient (Wildman–Crippen LogP) is -1.28. The summed E-state index contributed by atoms with van der Waals surface area (Å²) in [4.78, 5) is 1.28. The zero-order valence-corrected chi connectivity index (χ0v) is 10.6. The molecule has 0 aromatic heterocycles. The van der Waals surface area contributed by atoms with E-state index in [9.17, 15) is 12.9 Å². The fraction of sp³-hybridized carbons (Fsp3) is 1.00. The maximum atomic E-state index is 11.7. The van der Waals surface area contributed by atoms with Gasteiger partial charge in [-0.05, 0) is 27.3 Å². The monoisotopic (exact) mass is 193 g/mol. The van der Waals surface area contributed by atoms with Crippen LogP contribution in [0.15, 0.2) is 0 Å². The molecule has 6 heteroatoms.